The summed E-state index contributed by atoms with van der Waals surface area (Å²) in [7, 11) is 0. The van der Waals surface area contributed by atoms with Crippen molar-refractivity contribution in [1.29, 1.82) is 0 Å². The van der Waals surface area contributed by atoms with E-state index in [1.165, 1.54) is 0 Å². The lowest BCUT2D eigenvalue weighted by atomic mass is 10.1. The number of carbonyl (C=O) groups is 2. The maximum absolute atomic E-state index is 11.6. The SMILES string of the molecule is CCCc1cc(C(=O)O)sc1C(=O)OCC. The van der Waals surface area contributed by atoms with Gasteiger partial charge in [-0.15, -0.1) is 11.3 Å². The van der Waals surface area contributed by atoms with Crippen LogP contribution in [0.1, 0.15) is 45.2 Å². The minimum absolute atomic E-state index is 0.187. The molecule has 1 aromatic heterocycles. The number of carboxylic acid groups (broad SMARTS) is 1. The van der Waals surface area contributed by atoms with E-state index in [1.807, 2.05) is 6.92 Å². The molecule has 0 saturated carbocycles. The van der Waals surface area contributed by atoms with Crippen LogP contribution in [0.25, 0.3) is 0 Å². The highest BCUT2D eigenvalue weighted by atomic mass is 32.1. The summed E-state index contributed by atoms with van der Waals surface area (Å²) in [6, 6.07) is 1.56. The Labute approximate surface area is 97.9 Å². The minimum atomic E-state index is -1.00. The maximum Gasteiger partial charge on any atom is 0.348 e. The number of ether oxygens (including phenoxy) is 1. The number of carboxylic acids is 1. The summed E-state index contributed by atoms with van der Waals surface area (Å²) >= 11 is 0.982. The molecule has 1 N–H and O–H groups in total. The van der Waals surface area contributed by atoms with Gasteiger partial charge in [0.25, 0.3) is 0 Å². The highest BCUT2D eigenvalue weighted by Crippen LogP contribution is 2.24. The Balaban J connectivity index is 3.04. The monoisotopic (exact) mass is 242 g/mol. The second-order valence-electron chi connectivity index (χ2n) is 3.24. The molecule has 0 aliphatic rings. The molecule has 5 heteroatoms. The van der Waals surface area contributed by atoms with Crippen LogP contribution in [0.3, 0.4) is 0 Å². The molecular weight excluding hydrogens is 228 g/mol. The van der Waals surface area contributed by atoms with Crippen molar-refractivity contribution in [2.24, 2.45) is 0 Å². The summed E-state index contributed by atoms with van der Waals surface area (Å²) in [5.41, 5.74) is 0.767. The molecule has 0 amide bonds. The smallest absolute Gasteiger partial charge is 0.348 e. The summed E-state index contributed by atoms with van der Waals surface area (Å²) in [6.07, 6.45) is 1.56. The van der Waals surface area contributed by atoms with E-state index in [2.05, 4.69) is 0 Å². The van der Waals surface area contributed by atoms with E-state index in [0.717, 1.165) is 23.3 Å². The van der Waals surface area contributed by atoms with Gasteiger partial charge in [0.1, 0.15) is 9.75 Å². The molecule has 0 aromatic carbocycles. The number of aromatic carboxylic acids is 1. The van der Waals surface area contributed by atoms with Gasteiger partial charge >= 0.3 is 11.9 Å². The average Bonchev–Trinajstić information content (AvgIpc) is 2.63. The van der Waals surface area contributed by atoms with Gasteiger partial charge in [0.15, 0.2) is 0 Å². The number of esters is 1. The van der Waals surface area contributed by atoms with E-state index in [9.17, 15) is 9.59 Å². The second-order valence-corrected chi connectivity index (χ2v) is 4.29. The molecule has 0 atom stereocenters. The molecule has 0 spiro atoms. The van der Waals surface area contributed by atoms with Gasteiger partial charge in [0, 0.05) is 0 Å². The van der Waals surface area contributed by atoms with Crippen LogP contribution in [0, 0.1) is 0 Å². The van der Waals surface area contributed by atoms with E-state index in [4.69, 9.17) is 9.84 Å². The number of rotatable bonds is 5. The predicted molar refractivity (Wildman–Crippen MR) is 61.2 cm³/mol. The Hall–Kier alpha value is -1.36. The lowest BCUT2D eigenvalue weighted by Crippen LogP contribution is -2.04. The largest absolute Gasteiger partial charge is 0.477 e. The van der Waals surface area contributed by atoms with E-state index in [1.54, 1.807) is 13.0 Å². The standard InChI is InChI=1S/C11H14O4S/c1-3-5-7-6-8(10(12)13)16-9(7)11(14)15-4-2/h6H,3-5H2,1-2H3,(H,12,13). The molecule has 1 heterocycles. The van der Waals surface area contributed by atoms with Crippen molar-refractivity contribution in [2.75, 3.05) is 6.61 Å². The lowest BCUT2D eigenvalue weighted by Gasteiger charge is -2.01. The Morgan fingerprint density at radius 2 is 2.12 bits per heavy atom. The van der Waals surface area contributed by atoms with E-state index in [-0.39, 0.29) is 4.88 Å². The van der Waals surface area contributed by atoms with Crippen molar-refractivity contribution in [3.05, 3.63) is 21.4 Å². The molecule has 0 fully saturated rings. The van der Waals surface area contributed by atoms with Crippen LogP contribution in [0.5, 0.6) is 0 Å². The number of aryl methyl sites for hydroxylation is 1. The first-order valence-corrected chi connectivity index (χ1v) is 5.94. The van der Waals surface area contributed by atoms with Crippen LogP contribution >= 0.6 is 11.3 Å². The molecule has 0 unspecified atom stereocenters. The van der Waals surface area contributed by atoms with Crippen LogP contribution in [0.4, 0.5) is 0 Å². The average molecular weight is 242 g/mol. The first-order chi connectivity index (χ1) is 7.60. The zero-order chi connectivity index (χ0) is 12.1. The quantitative estimate of drug-likeness (QED) is 0.806. The normalized spacial score (nSPS) is 10.1. The van der Waals surface area contributed by atoms with Gasteiger partial charge in [-0.25, -0.2) is 9.59 Å². The van der Waals surface area contributed by atoms with Crippen molar-refractivity contribution in [1.82, 2.24) is 0 Å². The Morgan fingerprint density at radius 3 is 2.62 bits per heavy atom. The van der Waals surface area contributed by atoms with Crippen molar-refractivity contribution < 1.29 is 19.4 Å². The summed E-state index contributed by atoms with van der Waals surface area (Å²) in [5.74, 6) is -1.43. The van der Waals surface area contributed by atoms with Crippen molar-refractivity contribution in [3.63, 3.8) is 0 Å². The van der Waals surface area contributed by atoms with Gasteiger partial charge in [-0.1, -0.05) is 13.3 Å². The minimum Gasteiger partial charge on any atom is -0.477 e. The molecule has 0 aliphatic carbocycles. The van der Waals surface area contributed by atoms with Gasteiger partial charge < -0.3 is 9.84 Å². The maximum atomic E-state index is 11.6. The molecule has 0 bridgehead atoms. The third-order valence-corrected chi connectivity index (χ3v) is 3.15. The zero-order valence-corrected chi connectivity index (χ0v) is 10.1. The summed E-state index contributed by atoms with van der Waals surface area (Å²) in [4.78, 5) is 23.0. The third kappa shape index (κ3) is 2.82. The molecule has 0 saturated heterocycles. The van der Waals surface area contributed by atoms with Crippen LogP contribution in [-0.4, -0.2) is 23.7 Å². The predicted octanol–water partition coefficient (Wildman–Crippen LogP) is 2.58. The van der Waals surface area contributed by atoms with Crippen molar-refractivity contribution >= 4 is 23.3 Å². The molecule has 16 heavy (non-hydrogen) atoms. The Kier molecular flexibility index (Phi) is 4.49. The highest BCUT2D eigenvalue weighted by Gasteiger charge is 2.19. The summed E-state index contributed by atoms with van der Waals surface area (Å²) in [6.45, 7) is 4.00. The van der Waals surface area contributed by atoms with Crippen LogP contribution in [-0.2, 0) is 11.2 Å². The molecule has 1 rings (SSSR count). The number of hydrogen-bond acceptors (Lipinski definition) is 4. The molecule has 1 aromatic rings. The Bertz CT molecular complexity index is 395. The number of carbonyl (C=O) groups excluding carboxylic acids is 1. The highest BCUT2D eigenvalue weighted by molar-refractivity contribution is 7.16. The second kappa shape index (κ2) is 5.65. The van der Waals surface area contributed by atoms with Crippen LogP contribution in [0.15, 0.2) is 6.07 Å². The molecule has 88 valence electrons. The van der Waals surface area contributed by atoms with Gasteiger partial charge in [-0.2, -0.15) is 0 Å². The van der Waals surface area contributed by atoms with Crippen LogP contribution < -0.4 is 0 Å². The number of thiophene rings is 1. The summed E-state index contributed by atoms with van der Waals surface area (Å²) in [5, 5.41) is 8.86. The van der Waals surface area contributed by atoms with Crippen molar-refractivity contribution in [2.45, 2.75) is 26.7 Å². The zero-order valence-electron chi connectivity index (χ0n) is 9.28. The van der Waals surface area contributed by atoms with E-state index < -0.39 is 11.9 Å². The Morgan fingerprint density at radius 1 is 1.44 bits per heavy atom. The fourth-order valence-electron chi connectivity index (χ4n) is 1.36. The van der Waals surface area contributed by atoms with Gasteiger partial charge in [-0.05, 0) is 25.0 Å². The first kappa shape index (κ1) is 12.7. The lowest BCUT2D eigenvalue weighted by molar-refractivity contribution is 0.0530. The fraction of sp³-hybridized carbons (Fsp3) is 0.455. The van der Waals surface area contributed by atoms with Crippen LogP contribution in [0.2, 0.25) is 0 Å². The van der Waals surface area contributed by atoms with E-state index >= 15 is 0 Å². The van der Waals surface area contributed by atoms with Gasteiger partial charge in [0.05, 0.1) is 6.61 Å². The molecule has 4 nitrogen and oxygen atoms in total. The molecular formula is C11H14O4S. The molecule has 0 radical (unpaired) electrons. The summed E-state index contributed by atoms with van der Waals surface area (Å²) < 4.78 is 4.89. The number of hydrogen-bond donors (Lipinski definition) is 1. The van der Waals surface area contributed by atoms with Crippen molar-refractivity contribution in [3.8, 4) is 0 Å². The van der Waals surface area contributed by atoms with E-state index in [0.29, 0.717) is 17.9 Å². The fourth-order valence-corrected chi connectivity index (χ4v) is 2.30. The third-order valence-electron chi connectivity index (χ3n) is 2.00. The van der Waals surface area contributed by atoms with Gasteiger partial charge in [0.2, 0.25) is 0 Å². The topological polar surface area (TPSA) is 63.6 Å². The van der Waals surface area contributed by atoms with Gasteiger partial charge in [-0.3, -0.25) is 0 Å². The first-order valence-electron chi connectivity index (χ1n) is 5.13. The molecule has 0 aliphatic heterocycles.